The van der Waals surface area contributed by atoms with E-state index in [1.165, 1.54) is 0 Å². The van der Waals surface area contributed by atoms with Crippen molar-refractivity contribution in [1.29, 1.82) is 0 Å². The molecule has 1 unspecified atom stereocenters. The standard InChI is InChI=1S/C16H21NO3/c1-19-14-7-3-2-6-13(14)16(8-9-16)15(18)17-11-12-5-4-10-20-12/h2-3,6-7,12H,4-5,8-11H2,1H3,(H,17,18). The summed E-state index contributed by atoms with van der Waals surface area (Å²) in [5.74, 6) is 0.912. The summed E-state index contributed by atoms with van der Waals surface area (Å²) in [5, 5.41) is 3.06. The molecule has 0 bridgehead atoms. The van der Waals surface area contributed by atoms with E-state index in [0.29, 0.717) is 6.54 Å². The van der Waals surface area contributed by atoms with Gasteiger partial charge in [0.2, 0.25) is 5.91 Å². The Morgan fingerprint density at radius 3 is 2.90 bits per heavy atom. The quantitative estimate of drug-likeness (QED) is 0.894. The van der Waals surface area contributed by atoms with Crippen LogP contribution in [0.25, 0.3) is 0 Å². The topological polar surface area (TPSA) is 47.6 Å². The molecule has 4 heteroatoms. The zero-order chi connectivity index (χ0) is 14.0. The molecule has 108 valence electrons. The second-order valence-corrected chi connectivity index (χ2v) is 5.63. The molecule has 1 atom stereocenters. The molecule has 2 fully saturated rings. The van der Waals surface area contributed by atoms with E-state index in [1.54, 1.807) is 7.11 Å². The molecule has 0 radical (unpaired) electrons. The molecule has 3 rings (SSSR count). The fourth-order valence-electron chi connectivity index (χ4n) is 2.96. The largest absolute Gasteiger partial charge is 0.496 e. The molecule has 2 aliphatic rings. The van der Waals surface area contributed by atoms with Gasteiger partial charge in [0.05, 0.1) is 18.6 Å². The Balaban J connectivity index is 1.69. The highest BCUT2D eigenvalue weighted by molar-refractivity contribution is 5.92. The first-order chi connectivity index (χ1) is 9.76. The third kappa shape index (κ3) is 2.40. The van der Waals surface area contributed by atoms with Crippen LogP contribution in [0.3, 0.4) is 0 Å². The Bertz CT molecular complexity index is 490. The minimum Gasteiger partial charge on any atom is -0.496 e. The van der Waals surface area contributed by atoms with Crippen molar-refractivity contribution in [2.24, 2.45) is 0 Å². The highest BCUT2D eigenvalue weighted by Gasteiger charge is 2.52. The molecule has 20 heavy (non-hydrogen) atoms. The maximum absolute atomic E-state index is 12.5. The van der Waals surface area contributed by atoms with Crippen LogP contribution >= 0.6 is 0 Å². The predicted octanol–water partition coefficient (Wildman–Crippen LogP) is 2.02. The van der Waals surface area contributed by atoms with E-state index in [0.717, 1.165) is 43.6 Å². The number of benzene rings is 1. The van der Waals surface area contributed by atoms with E-state index in [-0.39, 0.29) is 17.4 Å². The second-order valence-electron chi connectivity index (χ2n) is 5.63. The maximum atomic E-state index is 12.5. The van der Waals surface area contributed by atoms with Crippen molar-refractivity contribution in [3.63, 3.8) is 0 Å². The van der Waals surface area contributed by atoms with Crippen LogP contribution in [-0.4, -0.2) is 32.3 Å². The number of methoxy groups -OCH3 is 1. The van der Waals surface area contributed by atoms with Gasteiger partial charge in [0, 0.05) is 18.7 Å². The molecule has 4 nitrogen and oxygen atoms in total. The molecule has 0 aromatic heterocycles. The van der Waals surface area contributed by atoms with Crippen molar-refractivity contribution >= 4 is 5.91 Å². The summed E-state index contributed by atoms with van der Waals surface area (Å²) < 4.78 is 10.9. The molecular weight excluding hydrogens is 254 g/mol. The van der Waals surface area contributed by atoms with Gasteiger partial charge in [-0.3, -0.25) is 4.79 Å². The molecule has 1 aliphatic heterocycles. The maximum Gasteiger partial charge on any atom is 0.230 e. The van der Waals surface area contributed by atoms with Crippen LogP contribution in [-0.2, 0) is 14.9 Å². The number of rotatable bonds is 5. The molecule has 1 saturated heterocycles. The van der Waals surface area contributed by atoms with Crippen molar-refractivity contribution in [2.45, 2.75) is 37.2 Å². The molecule has 1 N–H and O–H groups in total. The zero-order valence-electron chi connectivity index (χ0n) is 11.9. The summed E-state index contributed by atoms with van der Waals surface area (Å²) in [6, 6.07) is 7.81. The van der Waals surface area contributed by atoms with Gasteiger partial charge >= 0.3 is 0 Å². The molecule has 1 aromatic carbocycles. The second kappa shape index (κ2) is 5.44. The summed E-state index contributed by atoms with van der Waals surface area (Å²) >= 11 is 0. The highest BCUT2D eigenvalue weighted by Crippen LogP contribution is 2.51. The van der Waals surface area contributed by atoms with Crippen LogP contribution in [0.15, 0.2) is 24.3 Å². The van der Waals surface area contributed by atoms with Crippen LogP contribution in [0.2, 0.25) is 0 Å². The lowest BCUT2D eigenvalue weighted by Crippen LogP contribution is -2.39. The van der Waals surface area contributed by atoms with Gasteiger partial charge in [0.1, 0.15) is 5.75 Å². The molecule has 1 aromatic rings. The number of ether oxygens (including phenoxy) is 2. The lowest BCUT2D eigenvalue weighted by Gasteiger charge is -2.19. The summed E-state index contributed by atoms with van der Waals surface area (Å²) in [6.45, 7) is 1.44. The number of amides is 1. The van der Waals surface area contributed by atoms with Gasteiger partial charge < -0.3 is 14.8 Å². The summed E-state index contributed by atoms with van der Waals surface area (Å²) in [6.07, 6.45) is 4.11. The van der Waals surface area contributed by atoms with Crippen LogP contribution in [0, 0.1) is 0 Å². The first kappa shape index (κ1) is 13.4. The average molecular weight is 275 g/mol. The number of hydrogen-bond donors (Lipinski definition) is 1. The number of nitrogens with one attached hydrogen (secondary N) is 1. The van der Waals surface area contributed by atoms with Gasteiger partial charge in [-0.05, 0) is 31.7 Å². The molecule has 1 aliphatic carbocycles. The van der Waals surface area contributed by atoms with E-state index in [4.69, 9.17) is 9.47 Å². The fraction of sp³-hybridized carbons (Fsp3) is 0.562. The normalized spacial score (nSPS) is 23.4. The van der Waals surface area contributed by atoms with Gasteiger partial charge in [-0.2, -0.15) is 0 Å². The van der Waals surface area contributed by atoms with Crippen LogP contribution < -0.4 is 10.1 Å². The first-order valence-electron chi connectivity index (χ1n) is 7.30. The van der Waals surface area contributed by atoms with E-state index < -0.39 is 0 Å². The minimum atomic E-state index is -0.384. The van der Waals surface area contributed by atoms with Gasteiger partial charge in [0.25, 0.3) is 0 Å². The van der Waals surface area contributed by atoms with Gasteiger partial charge in [-0.15, -0.1) is 0 Å². The SMILES string of the molecule is COc1ccccc1C1(C(=O)NCC2CCCO2)CC1. The Morgan fingerprint density at radius 1 is 1.45 bits per heavy atom. The van der Waals surface area contributed by atoms with Gasteiger partial charge in [-0.25, -0.2) is 0 Å². The van der Waals surface area contributed by atoms with Crippen LogP contribution in [0.1, 0.15) is 31.2 Å². The number of carbonyl (C=O) groups excluding carboxylic acids is 1. The molecular formula is C16H21NO3. The van der Waals surface area contributed by atoms with E-state index in [1.807, 2.05) is 24.3 Å². The van der Waals surface area contributed by atoms with Crippen molar-refractivity contribution in [1.82, 2.24) is 5.32 Å². The Hall–Kier alpha value is -1.55. The molecule has 0 spiro atoms. The van der Waals surface area contributed by atoms with Crippen LogP contribution in [0.5, 0.6) is 5.75 Å². The lowest BCUT2D eigenvalue weighted by molar-refractivity contribution is -0.124. The Labute approximate surface area is 119 Å². The molecule has 1 heterocycles. The lowest BCUT2D eigenvalue weighted by atomic mass is 9.94. The highest BCUT2D eigenvalue weighted by atomic mass is 16.5. The number of carbonyl (C=O) groups is 1. The van der Waals surface area contributed by atoms with Crippen molar-refractivity contribution in [2.75, 3.05) is 20.3 Å². The number of para-hydroxylation sites is 1. The van der Waals surface area contributed by atoms with Crippen molar-refractivity contribution < 1.29 is 14.3 Å². The third-order valence-corrected chi connectivity index (χ3v) is 4.32. The summed E-state index contributed by atoms with van der Waals surface area (Å²) in [5.41, 5.74) is 0.623. The van der Waals surface area contributed by atoms with E-state index in [2.05, 4.69) is 5.32 Å². The first-order valence-corrected chi connectivity index (χ1v) is 7.30. The average Bonchev–Trinajstić information content (AvgIpc) is 3.14. The summed E-state index contributed by atoms with van der Waals surface area (Å²) in [7, 11) is 1.65. The van der Waals surface area contributed by atoms with E-state index in [9.17, 15) is 4.79 Å². The van der Waals surface area contributed by atoms with Crippen LogP contribution in [0.4, 0.5) is 0 Å². The molecule has 1 amide bonds. The summed E-state index contributed by atoms with van der Waals surface area (Å²) in [4.78, 5) is 12.5. The fourth-order valence-corrected chi connectivity index (χ4v) is 2.96. The monoisotopic (exact) mass is 275 g/mol. The van der Waals surface area contributed by atoms with Gasteiger partial charge in [0.15, 0.2) is 0 Å². The zero-order valence-corrected chi connectivity index (χ0v) is 11.9. The minimum absolute atomic E-state index is 0.109. The number of hydrogen-bond acceptors (Lipinski definition) is 3. The Kier molecular flexibility index (Phi) is 3.66. The van der Waals surface area contributed by atoms with Crippen molar-refractivity contribution in [3.05, 3.63) is 29.8 Å². The third-order valence-electron chi connectivity index (χ3n) is 4.32. The van der Waals surface area contributed by atoms with Crippen molar-refractivity contribution in [3.8, 4) is 5.75 Å². The molecule has 1 saturated carbocycles. The van der Waals surface area contributed by atoms with E-state index >= 15 is 0 Å². The predicted molar refractivity (Wildman–Crippen MR) is 75.9 cm³/mol. The Morgan fingerprint density at radius 2 is 2.25 bits per heavy atom. The van der Waals surface area contributed by atoms with Gasteiger partial charge in [-0.1, -0.05) is 18.2 Å². The smallest absolute Gasteiger partial charge is 0.230 e.